The number of piperazine rings is 1. The van der Waals surface area contributed by atoms with E-state index in [0.29, 0.717) is 26.2 Å². The Bertz CT molecular complexity index is 1010. The van der Waals surface area contributed by atoms with Crippen LogP contribution in [0.2, 0.25) is 5.02 Å². The fraction of sp³-hybridized carbons (Fsp3) is 0.364. The van der Waals surface area contributed by atoms with Crippen LogP contribution in [0.5, 0.6) is 11.5 Å². The smallest absolute Gasteiger partial charge is 0.480 e. The minimum Gasteiger partial charge on any atom is -0.480 e. The molecule has 7 nitrogen and oxygen atoms in total. The summed E-state index contributed by atoms with van der Waals surface area (Å²) in [6.07, 6.45) is -4.50. The molecule has 0 aromatic heterocycles. The maximum absolute atomic E-state index is 13.5. The molecule has 0 saturated carbocycles. The second kappa shape index (κ2) is 10.3. The Morgan fingerprint density at radius 3 is 2.48 bits per heavy atom. The summed E-state index contributed by atoms with van der Waals surface area (Å²) in [7, 11) is 0. The summed E-state index contributed by atoms with van der Waals surface area (Å²) in [4.78, 5) is 27.1. The van der Waals surface area contributed by atoms with Crippen molar-refractivity contribution in [2.75, 3.05) is 26.2 Å². The van der Waals surface area contributed by atoms with Crippen LogP contribution in [-0.4, -0.2) is 65.2 Å². The number of aliphatic carboxylic acids is 1. The summed E-state index contributed by atoms with van der Waals surface area (Å²) in [5.41, 5.74) is 0.958. The van der Waals surface area contributed by atoms with Crippen LogP contribution in [0.25, 0.3) is 0 Å². The van der Waals surface area contributed by atoms with Gasteiger partial charge in [-0.3, -0.25) is 9.69 Å². The fourth-order valence-corrected chi connectivity index (χ4v) is 3.64. The van der Waals surface area contributed by atoms with Gasteiger partial charge in [0.15, 0.2) is 18.1 Å². The molecular formula is C22H22ClF3N2O5. The van der Waals surface area contributed by atoms with Gasteiger partial charge in [0, 0.05) is 43.3 Å². The lowest BCUT2D eigenvalue weighted by Crippen LogP contribution is -2.54. The van der Waals surface area contributed by atoms with Crippen molar-refractivity contribution in [2.45, 2.75) is 25.6 Å². The maximum Gasteiger partial charge on any atom is 0.502 e. The van der Waals surface area contributed by atoms with Gasteiger partial charge >= 0.3 is 12.1 Å². The Balaban J connectivity index is 1.58. The Morgan fingerprint density at radius 2 is 1.85 bits per heavy atom. The Labute approximate surface area is 193 Å². The number of halogens is 4. The van der Waals surface area contributed by atoms with Crippen LogP contribution in [0, 0.1) is 5.82 Å². The monoisotopic (exact) mass is 486 g/mol. The predicted octanol–water partition coefficient (Wildman–Crippen LogP) is 3.65. The molecule has 33 heavy (non-hydrogen) atoms. The number of hydrogen-bond donors (Lipinski definition) is 1. The van der Waals surface area contributed by atoms with Crippen molar-refractivity contribution < 1.29 is 37.3 Å². The SMILES string of the molecule is CC1CN(Cc2ccc(F)cc2)CCN1C(=O)COc1ccc(Cl)cc1OC(F)(F)C(=O)O. The summed E-state index contributed by atoms with van der Waals surface area (Å²) in [5, 5.41) is 8.60. The molecule has 3 rings (SSSR count). The topological polar surface area (TPSA) is 79.3 Å². The molecule has 1 amide bonds. The van der Waals surface area contributed by atoms with E-state index in [9.17, 15) is 22.8 Å². The molecule has 1 unspecified atom stereocenters. The lowest BCUT2D eigenvalue weighted by molar-refractivity contribution is -0.211. The van der Waals surface area contributed by atoms with Crippen molar-refractivity contribution >= 4 is 23.5 Å². The van der Waals surface area contributed by atoms with E-state index >= 15 is 0 Å². The number of rotatable bonds is 8. The first-order valence-corrected chi connectivity index (χ1v) is 10.4. The van der Waals surface area contributed by atoms with E-state index in [1.165, 1.54) is 24.3 Å². The number of hydrogen-bond acceptors (Lipinski definition) is 5. The number of carbonyl (C=O) groups excluding carboxylic acids is 1. The first kappa shape index (κ1) is 24.7. The lowest BCUT2D eigenvalue weighted by atomic mass is 10.1. The minimum absolute atomic E-state index is 0.0239. The molecule has 0 bridgehead atoms. The predicted molar refractivity (Wildman–Crippen MR) is 113 cm³/mol. The number of carboxylic acid groups (broad SMARTS) is 1. The molecule has 0 aliphatic carbocycles. The van der Waals surface area contributed by atoms with Gasteiger partial charge in [0.05, 0.1) is 0 Å². The molecule has 1 aliphatic heterocycles. The van der Waals surface area contributed by atoms with Crippen molar-refractivity contribution in [3.05, 3.63) is 58.9 Å². The van der Waals surface area contributed by atoms with Crippen LogP contribution >= 0.6 is 11.6 Å². The third kappa shape index (κ3) is 6.52. The summed E-state index contributed by atoms with van der Waals surface area (Å²) < 4.78 is 49.7. The zero-order chi connectivity index (χ0) is 24.2. The highest BCUT2D eigenvalue weighted by molar-refractivity contribution is 6.30. The average Bonchev–Trinajstić information content (AvgIpc) is 2.74. The van der Waals surface area contributed by atoms with Crippen LogP contribution < -0.4 is 9.47 Å². The van der Waals surface area contributed by atoms with E-state index in [4.69, 9.17) is 21.4 Å². The molecular weight excluding hydrogens is 465 g/mol. The highest BCUT2D eigenvalue weighted by atomic mass is 35.5. The van der Waals surface area contributed by atoms with Gasteiger partial charge in [-0.1, -0.05) is 23.7 Å². The van der Waals surface area contributed by atoms with Gasteiger partial charge in [-0.25, -0.2) is 9.18 Å². The van der Waals surface area contributed by atoms with E-state index < -0.39 is 24.4 Å². The van der Waals surface area contributed by atoms with Gasteiger partial charge in [-0.15, -0.1) is 0 Å². The van der Waals surface area contributed by atoms with E-state index in [0.717, 1.165) is 11.6 Å². The molecule has 1 N–H and O–H groups in total. The number of nitrogens with zero attached hydrogens (tertiary/aromatic N) is 2. The van der Waals surface area contributed by atoms with Crippen molar-refractivity contribution in [3.63, 3.8) is 0 Å². The maximum atomic E-state index is 13.5. The minimum atomic E-state index is -4.50. The second-order valence-corrected chi connectivity index (χ2v) is 8.04. The zero-order valence-electron chi connectivity index (χ0n) is 17.6. The van der Waals surface area contributed by atoms with Crippen molar-refractivity contribution in [1.29, 1.82) is 0 Å². The molecule has 2 aromatic rings. The summed E-state index contributed by atoms with van der Waals surface area (Å²) in [6, 6.07) is 9.61. The highest BCUT2D eigenvalue weighted by Gasteiger charge is 2.43. The van der Waals surface area contributed by atoms with Crippen LogP contribution in [0.3, 0.4) is 0 Å². The molecule has 1 fully saturated rings. The van der Waals surface area contributed by atoms with Gasteiger partial charge in [0.2, 0.25) is 0 Å². The molecule has 1 saturated heterocycles. The number of benzene rings is 2. The van der Waals surface area contributed by atoms with Gasteiger partial charge < -0.3 is 19.5 Å². The molecule has 1 atom stereocenters. The van der Waals surface area contributed by atoms with Gasteiger partial charge in [-0.05, 0) is 36.8 Å². The fourth-order valence-electron chi connectivity index (χ4n) is 3.48. The molecule has 0 spiro atoms. The Morgan fingerprint density at radius 1 is 1.15 bits per heavy atom. The molecule has 11 heteroatoms. The standard InChI is InChI=1S/C22H22ClF3N2O5/c1-14-11-27(12-15-2-5-17(24)6-3-15)8-9-28(14)20(29)13-32-18-7-4-16(23)10-19(18)33-22(25,26)21(30)31/h2-7,10,14H,8-9,11-13H2,1H3,(H,30,31). The molecule has 0 radical (unpaired) electrons. The third-order valence-corrected chi connectivity index (χ3v) is 5.33. The van der Waals surface area contributed by atoms with Crippen LogP contribution in [0.15, 0.2) is 42.5 Å². The summed E-state index contributed by atoms with van der Waals surface area (Å²) >= 11 is 5.78. The molecule has 1 heterocycles. The first-order chi connectivity index (χ1) is 15.5. The third-order valence-electron chi connectivity index (χ3n) is 5.10. The highest BCUT2D eigenvalue weighted by Crippen LogP contribution is 2.34. The van der Waals surface area contributed by atoms with E-state index in [1.807, 2.05) is 6.92 Å². The summed E-state index contributed by atoms with van der Waals surface area (Å²) in [6.45, 7) is 3.63. The normalized spacial score (nSPS) is 17.0. The first-order valence-electron chi connectivity index (χ1n) is 10.0. The van der Waals surface area contributed by atoms with Crippen LogP contribution in [-0.2, 0) is 16.1 Å². The second-order valence-electron chi connectivity index (χ2n) is 7.60. The Kier molecular flexibility index (Phi) is 7.70. The van der Waals surface area contributed by atoms with Crippen LogP contribution in [0.1, 0.15) is 12.5 Å². The average molecular weight is 487 g/mol. The molecule has 1 aliphatic rings. The molecule has 2 aromatic carbocycles. The quantitative estimate of drug-likeness (QED) is 0.613. The number of amides is 1. The van der Waals surface area contributed by atoms with Gasteiger partial charge in [0.25, 0.3) is 5.91 Å². The number of alkyl halides is 2. The van der Waals surface area contributed by atoms with Gasteiger partial charge in [-0.2, -0.15) is 8.78 Å². The van der Waals surface area contributed by atoms with E-state index in [2.05, 4.69) is 9.64 Å². The van der Waals surface area contributed by atoms with Gasteiger partial charge in [0.1, 0.15) is 5.82 Å². The van der Waals surface area contributed by atoms with Crippen molar-refractivity contribution in [3.8, 4) is 11.5 Å². The van der Waals surface area contributed by atoms with Crippen molar-refractivity contribution in [1.82, 2.24) is 9.80 Å². The van der Waals surface area contributed by atoms with Crippen molar-refractivity contribution in [2.24, 2.45) is 0 Å². The summed E-state index contributed by atoms with van der Waals surface area (Å²) in [5.74, 6) is -3.98. The van der Waals surface area contributed by atoms with E-state index in [-0.39, 0.29) is 28.5 Å². The van der Waals surface area contributed by atoms with Crippen LogP contribution in [0.4, 0.5) is 13.2 Å². The molecule has 178 valence electrons. The zero-order valence-corrected chi connectivity index (χ0v) is 18.4. The van der Waals surface area contributed by atoms with E-state index in [1.54, 1.807) is 17.0 Å². The number of carbonyl (C=O) groups is 2. The lowest BCUT2D eigenvalue weighted by Gasteiger charge is -2.39. The number of ether oxygens (including phenoxy) is 2. The number of carboxylic acids is 1. The largest absolute Gasteiger partial charge is 0.502 e. The Hall–Kier alpha value is -2.98.